The van der Waals surface area contributed by atoms with Crippen molar-refractivity contribution in [3.63, 3.8) is 0 Å². The first-order valence-corrected chi connectivity index (χ1v) is 7.72. The van der Waals surface area contributed by atoms with Gasteiger partial charge in [0.15, 0.2) is 11.5 Å². The Labute approximate surface area is 148 Å². The maximum Gasteiger partial charge on any atom is 0.263 e. The molecule has 0 fully saturated rings. The van der Waals surface area contributed by atoms with Gasteiger partial charge >= 0.3 is 0 Å². The number of methoxy groups -OCH3 is 1. The number of hydrogen-bond donors (Lipinski definition) is 2. The van der Waals surface area contributed by atoms with E-state index in [1.807, 2.05) is 12.1 Å². The predicted molar refractivity (Wildman–Crippen MR) is 94.6 cm³/mol. The molecule has 8 heteroatoms. The van der Waals surface area contributed by atoms with Gasteiger partial charge in [-0.2, -0.15) is 5.10 Å². The number of hydrogen-bond acceptors (Lipinski definition) is 8. The first kappa shape index (κ1) is 15.7. The Morgan fingerprint density at radius 2 is 1.92 bits per heavy atom. The molecule has 1 aliphatic rings. The van der Waals surface area contributed by atoms with Crippen molar-refractivity contribution in [2.24, 2.45) is 5.10 Å². The standard InChI is InChI=1S/C18H13N5O3/c1-26-14-7-6-10(8-13(14)24)9-19-22-18-20-16-15(21-23-18)11-4-2-3-5-12(11)17(16)25/h2-9,24H,1H3,(H,20,22,23)/b19-9+. The van der Waals surface area contributed by atoms with Gasteiger partial charge in [0, 0.05) is 11.1 Å². The molecule has 2 aromatic carbocycles. The lowest BCUT2D eigenvalue weighted by atomic mass is 10.1. The number of phenolic OH excluding ortho intramolecular Hbond substituents is 1. The molecule has 0 bridgehead atoms. The molecule has 8 nitrogen and oxygen atoms in total. The number of hydrazone groups is 1. The number of rotatable bonds is 4. The van der Waals surface area contributed by atoms with Crippen molar-refractivity contribution in [2.45, 2.75) is 0 Å². The number of benzene rings is 2. The van der Waals surface area contributed by atoms with Gasteiger partial charge in [0.05, 0.1) is 13.3 Å². The minimum atomic E-state index is -0.183. The molecule has 0 spiro atoms. The number of fused-ring (bicyclic) bond motifs is 3. The number of carbonyl (C=O) groups is 1. The highest BCUT2D eigenvalue weighted by molar-refractivity contribution is 6.19. The quantitative estimate of drug-likeness (QED) is 0.430. The van der Waals surface area contributed by atoms with E-state index in [1.165, 1.54) is 19.4 Å². The summed E-state index contributed by atoms with van der Waals surface area (Å²) >= 11 is 0. The largest absolute Gasteiger partial charge is 0.504 e. The number of ketones is 1. The first-order chi connectivity index (χ1) is 12.7. The van der Waals surface area contributed by atoms with Crippen LogP contribution in [-0.2, 0) is 0 Å². The van der Waals surface area contributed by atoms with Crippen LogP contribution in [0.3, 0.4) is 0 Å². The van der Waals surface area contributed by atoms with Crippen molar-refractivity contribution >= 4 is 17.9 Å². The van der Waals surface area contributed by atoms with Gasteiger partial charge in [-0.15, -0.1) is 10.2 Å². The Kier molecular flexibility index (Phi) is 3.77. The van der Waals surface area contributed by atoms with E-state index in [0.29, 0.717) is 22.6 Å². The second-order valence-corrected chi connectivity index (χ2v) is 5.51. The Balaban J connectivity index is 1.54. The minimum Gasteiger partial charge on any atom is -0.504 e. The van der Waals surface area contributed by atoms with Crippen LogP contribution in [0.2, 0.25) is 0 Å². The van der Waals surface area contributed by atoms with Crippen molar-refractivity contribution in [2.75, 3.05) is 12.5 Å². The summed E-state index contributed by atoms with van der Waals surface area (Å²) in [6.45, 7) is 0. The van der Waals surface area contributed by atoms with Crippen LogP contribution in [0, 0.1) is 0 Å². The summed E-state index contributed by atoms with van der Waals surface area (Å²) in [4.78, 5) is 16.6. The van der Waals surface area contributed by atoms with Crippen molar-refractivity contribution in [1.82, 2.24) is 15.2 Å². The second kappa shape index (κ2) is 6.25. The lowest BCUT2D eigenvalue weighted by molar-refractivity contribution is 0.103. The summed E-state index contributed by atoms with van der Waals surface area (Å²) in [5.74, 6) is 0.311. The van der Waals surface area contributed by atoms with Gasteiger partial charge in [0.2, 0.25) is 5.78 Å². The van der Waals surface area contributed by atoms with Gasteiger partial charge in [-0.3, -0.25) is 4.79 Å². The molecule has 0 aliphatic heterocycles. The maximum absolute atomic E-state index is 12.4. The van der Waals surface area contributed by atoms with E-state index in [1.54, 1.807) is 24.3 Å². The molecule has 26 heavy (non-hydrogen) atoms. The number of aromatic hydroxyl groups is 1. The Hall–Kier alpha value is -3.81. The molecule has 1 aromatic heterocycles. The highest BCUT2D eigenvalue weighted by atomic mass is 16.5. The van der Waals surface area contributed by atoms with Crippen LogP contribution in [0.15, 0.2) is 47.6 Å². The number of nitrogens with one attached hydrogen (secondary N) is 1. The fourth-order valence-electron chi connectivity index (χ4n) is 2.68. The van der Waals surface area contributed by atoms with Crippen LogP contribution in [0.4, 0.5) is 5.95 Å². The monoisotopic (exact) mass is 347 g/mol. The molecule has 0 saturated carbocycles. The van der Waals surface area contributed by atoms with Crippen LogP contribution in [-0.4, -0.2) is 39.4 Å². The van der Waals surface area contributed by atoms with Gasteiger partial charge in [-0.1, -0.05) is 24.3 Å². The third-order valence-corrected chi connectivity index (χ3v) is 3.91. The fourth-order valence-corrected chi connectivity index (χ4v) is 2.68. The van der Waals surface area contributed by atoms with Crippen LogP contribution in [0.25, 0.3) is 11.3 Å². The van der Waals surface area contributed by atoms with E-state index >= 15 is 0 Å². The zero-order valence-electron chi connectivity index (χ0n) is 13.7. The molecule has 4 rings (SSSR count). The molecule has 0 saturated heterocycles. The van der Waals surface area contributed by atoms with E-state index in [0.717, 1.165) is 5.56 Å². The Morgan fingerprint density at radius 1 is 1.12 bits per heavy atom. The van der Waals surface area contributed by atoms with E-state index in [2.05, 4.69) is 25.7 Å². The minimum absolute atomic E-state index is 0.00950. The summed E-state index contributed by atoms with van der Waals surface area (Å²) in [6, 6.07) is 12.0. The molecule has 1 heterocycles. The predicted octanol–water partition coefficient (Wildman–Crippen LogP) is 2.24. The van der Waals surface area contributed by atoms with E-state index in [9.17, 15) is 9.90 Å². The summed E-state index contributed by atoms with van der Waals surface area (Å²) in [6.07, 6.45) is 1.48. The van der Waals surface area contributed by atoms with Crippen LogP contribution in [0.1, 0.15) is 21.6 Å². The normalized spacial score (nSPS) is 12.1. The van der Waals surface area contributed by atoms with Crippen molar-refractivity contribution in [3.8, 4) is 22.8 Å². The zero-order chi connectivity index (χ0) is 18.1. The Bertz CT molecular complexity index is 1050. The number of ether oxygens (including phenoxy) is 1. The average Bonchev–Trinajstić information content (AvgIpc) is 2.95. The second-order valence-electron chi connectivity index (χ2n) is 5.51. The molecule has 2 N–H and O–H groups in total. The van der Waals surface area contributed by atoms with Gasteiger partial charge in [0.1, 0.15) is 11.4 Å². The van der Waals surface area contributed by atoms with Gasteiger partial charge in [-0.25, -0.2) is 10.4 Å². The molecule has 0 atom stereocenters. The third kappa shape index (κ3) is 2.63. The number of phenols is 1. The molecular weight excluding hydrogens is 334 g/mol. The fraction of sp³-hybridized carbons (Fsp3) is 0.0556. The summed E-state index contributed by atoms with van der Waals surface area (Å²) < 4.78 is 4.98. The molecule has 1 aliphatic carbocycles. The van der Waals surface area contributed by atoms with Crippen molar-refractivity contribution in [3.05, 3.63) is 59.3 Å². The van der Waals surface area contributed by atoms with E-state index in [4.69, 9.17) is 4.74 Å². The maximum atomic E-state index is 12.4. The summed E-state index contributed by atoms with van der Waals surface area (Å²) in [7, 11) is 1.47. The highest BCUT2D eigenvalue weighted by Crippen LogP contribution is 2.33. The number of carbonyl (C=O) groups excluding carboxylic acids is 1. The Morgan fingerprint density at radius 3 is 2.69 bits per heavy atom. The molecule has 0 radical (unpaired) electrons. The van der Waals surface area contributed by atoms with Crippen molar-refractivity contribution in [1.29, 1.82) is 0 Å². The zero-order valence-corrected chi connectivity index (χ0v) is 13.7. The number of anilines is 1. The molecule has 0 amide bonds. The number of aromatic nitrogens is 3. The SMILES string of the molecule is COc1ccc(/C=N/Nc2nnc3c(n2)C(=O)c2ccccc2-3)cc1O. The van der Waals surface area contributed by atoms with E-state index in [-0.39, 0.29) is 23.2 Å². The van der Waals surface area contributed by atoms with Crippen molar-refractivity contribution < 1.29 is 14.6 Å². The molecular formula is C18H13N5O3. The van der Waals surface area contributed by atoms with Gasteiger partial charge in [-0.05, 0) is 23.8 Å². The first-order valence-electron chi connectivity index (χ1n) is 7.72. The molecule has 0 unspecified atom stereocenters. The lowest BCUT2D eigenvalue weighted by Crippen LogP contribution is -2.05. The highest BCUT2D eigenvalue weighted by Gasteiger charge is 2.30. The van der Waals surface area contributed by atoms with Crippen LogP contribution < -0.4 is 10.2 Å². The topological polar surface area (TPSA) is 110 Å². The molecule has 3 aromatic rings. The van der Waals surface area contributed by atoms with Gasteiger partial charge in [0.25, 0.3) is 5.95 Å². The summed E-state index contributed by atoms with van der Waals surface area (Å²) in [5.41, 5.74) is 5.31. The van der Waals surface area contributed by atoms with E-state index < -0.39 is 0 Å². The van der Waals surface area contributed by atoms with Crippen LogP contribution in [0.5, 0.6) is 11.5 Å². The van der Waals surface area contributed by atoms with Crippen LogP contribution >= 0.6 is 0 Å². The summed E-state index contributed by atoms with van der Waals surface area (Å²) in [5, 5.41) is 21.8. The smallest absolute Gasteiger partial charge is 0.263 e. The molecule has 128 valence electrons. The third-order valence-electron chi connectivity index (χ3n) is 3.91. The lowest BCUT2D eigenvalue weighted by Gasteiger charge is -2.03. The average molecular weight is 347 g/mol. The van der Waals surface area contributed by atoms with Gasteiger partial charge < -0.3 is 9.84 Å². The number of nitrogens with zero attached hydrogens (tertiary/aromatic N) is 4.